The highest BCUT2D eigenvalue weighted by molar-refractivity contribution is 7.09. The summed E-state index contributed by atoms with van der Waals surface area (Å²) in [7, 11) is 6.00. The number of nitrogens with two attached hydrogens (primary N) is 1. The maximum Gasteiger partial charge on any atom is 0.420 e. The van der Waals surface area contributed by atoms with Crippen molar-refractivity contribution in [1.29, 1.82) is 0 Å². The number of hydrogen-bond donors (Lipinski definition) is 4. The molecule has 2 unspecified atom stereocenters. The van der Waals surface area contributed by atoms with Gasteiger partial charge in [0, 0.05) is 39.4 Å². The molecule has 1 fully saturated rings. The summed E-state index contributed by atoms with van der Waals surface area (Å²) in [5.74, 6) is 3.22. The molecular weight excluding hydrogens is 733 g/mol. The molecule has 56 heavy (non-hydrogen) atoms. The van der Waals surface area contributed by atoms with Crippen LogP contribution in [0.5, 0.6) is 0 Å². The van der Waals surface area contributed by atoms with Crippen molar-refractivity contribution >= 4 is 42.6 Å². The molecule has 1 aromatic heterocycles. The second kappa shape index (κ2) is 23.1. The van der Waals surface area contributed by atoms with Crippen molar-refractivity contribution in [2.24, 2.45) is 29.6 Å². The SMILES string of the molecule is CC[C@H](C)[C@@H]([C@@H](CC(=O)N1CCC[C@H]1[C@H](OC)[C@@H](C)C(=O)NC(Cc1ccccc1)c1nccs1)OC)N(C)C(=O)[C@@H](NC(=O)C(N[B]ON)C(C)C)C(C)C. The summed E-state index contributed by atoms with van der Waals surface area (Å²) in [5, 5.41) is 11.7. The summed E-state index contributed by atoms with van der Waals surface area (Å²) in [5.41, 5.74) is 1.08. The number of methoxy groups -OCH3 is 2. The topological polar surface area (TPSA) is 177 Å². The first-order chi connectivity index (χ1) is 26.7. The maximum absolute atomic E-state index is 14.3. The summed E-state index contributed by atoms with van der Waals surface area (Å²) in [6, 6.07) is 7.34. The molecule has 2 aromatic rings. The normalized spacial score (nSPS) is 18.7. The average Bonchev–Trinajstić information content (AvgIpc) is 3.90. The Balaban J connectivity index is 1.78. The number of rotatable bonds is 23. The van der Waals surface area contributed by atoms with Gasteiger partial charge in [0.25, 0.3) is 0 Å². The molecule has 1 aromatic carbocycles. The smallest absolute Gasteiger partial charge is 0.379 e. The molecular formula is C40H65BN7O7S. The Kier molecular flexibility index (Phi) is 19.4. The zero-order valence-electron chi connectivity index (χ0n) is 34.9. The molecule has 1 radical (unpaired) electrons. The van der Waals surface area contributed by atoms with Crippen LogP contribution in [0.4, 0.5) is 0 Å². The van der Waals surface area contributed by atoms with E-state index in [1.807, 2.05) is 89.1 Å². The van der Waals surface area contributed by atoms with Gasteiger partial charge in [0.05, 0.1) is 48.7 Å². The fourth-order valence-corrected chi connectivity index (χ4v) is 8.41. The van der Waals surface area contributed by atoms with Gasteiger partial charge in [-0.15, -0.1) is 11.3 Å². The maximum atomic E-state index is 14.3. The van der Waals surface area contributed by atoms with Crippen molar-refractivity contribution in [3.05, 3.63) is 52.5 Å². The lowest BCUT2D eigenvalue weighted by molar-refractivity contribution is -0.147. The van der Waals surface area contributed by atoms with Gasteiger partial charge in [0.15, 0.2) is 0 Å². The molecule has 0 spiro atoms. The van der Waals surface area contributed by atoms with Crippen LogP contribution in [0, 0.1) is 23.7 Å². The largest absolute Gasteiger partial charge is 0.420 e. The number of nitrogens with one attached hydrogen (secondary N) is 3. The predicted molar refractivity (Wildman–Crippen MR) is 219 cm³/mol. The second-order valence-electron chi connectivity index (χ2n) is 15.6. The van der Waals surface area contributed by atoms with E-state index in [-0.39, 0.29) is 59.9 Å². The van der Waals surface area contributed by atoms with Crippen molar-refractivity contribution in [3.8, 4) is 0 Å². The molecule has 0 bridgehead atoms. The van der Waals surface area contributed by atoms with E-state index in [0.29, 0.717) is 19.4 Å². The molecule has 0 aliphatic carbocycles. The van der Waals surface area contributed by atoms with E-state index in [4.69, 9.17) is 15.4 Å². The number of carbonyl (C=O) groups is 4. The lowest BCUT2D eigenvalue weighted by atomic mass is 9.89. The van der Waals surface area contributed by atoms with E-state index in [2.05, 4.69) is 25.6 Å². The fourth-order valence-electron chi connectivity index (χ4n) is 7.73. The van der Waals surface area contributed by atoms with Gasteiger partial charge in [-0.2, -0.15) is 0 Å². The van der Waals surface area contributed by atoms with Gasteiger partial charge in [-0.05, 0) is 42.6 Å². The van der Waals surface area contributed by atoms with Crippen LogP contribution in [0.15, 0.2) is 41.9 Å². The lowest BCUT2D eigenvalue weighted by Crippen LogP contribution is -2.60. The standard InChI is InChI=1S/C40H65BN7O7S/c1-11-26(6)35(47(8)40(52)34(25(4)5)45-38(51)33(24(2)3)46-41-55-42)31(53-9)23-32(49)48-20-15-18-30(48)36(54-10)27(7)37(50)44-29(39-43-19-21-56-39)22-28-16-13-12-14-17-28/h12-14,16-17,19,21,24-27,29-31,33-36,46H,11,15,18,20,22-23,42H2,1-10H3,(H,44,50)(H,45,51)/t26-,27+,29?,30-,31+,33?,34-,35-,36+/m0/s1. The summed E-state index contributed by atoms with van der Waals surface area (Å²) in [6.07, 6.45) is 3.32. The van der Waals surface area contributed by atoms with E-state index in [9.17, 15) is 19.2 Å². The molecule has 9 atom stereocenters. The van der Waals surface area contributed by atoms with Gasteiger partial charge >= 0.3 is 7.62 Å². The van der Waals surface area contributed by atoms with Crippen LogP contribution in [0.3, 0.4) is 0 Å². The Labute approximate surface area is 338 Å². The Morgan fingerprint density at radius 2 is 1.68 bits per heavy atom. The number of carbonyl (C=O) groups excluding carboxylic acids is 4. The molecule has 1 aliphatic rings. The minimum Gasteiger partial charge on any atom is -0.379 e. The average molecular weight is 799 g/mol. The lowest BCUT2D eigenvalue weighted by Gasteiger charge is -2.41. The van der Waals surface area contributed by atoms with Gasteiger partial charge in [-0.25, -0.2) is 10.9 Å². The minimum atomic E-state index is -0.838. The zero-order valence-corrected chi connectivity index (χ0v) is 35.7. The third-order valence-corrected chi connectivity index (χ3v) is 12.0. The number of thiazole rings is 1. The first kappa shape index (κ1) is 47.0. The summed E-state index contributed by atoms with van der Waals surface area (Å²) in [6.45, 7) is 13.9. The molecule has 16 heteroatoms. The number of amides is 4. The van der Waals surface area contributed by atoms with Gasteiger partial charge in [0.1, 0.15) is 11.0 Å². The number of likely N-dealkylation sites (N-methyl/N-ethyl adjacent to an activating group) is 1. The number of hydrogen-bond acceptors (Lipinski definition) is 11. The number of nitrogens with zero attached hydrogens (tertiary/aromatic N) is 3. The van der Waals surface area contributed by atoms with Crippen molar-refractivity contribution < 1.29 is 33.4 Å². The molecule has 2 heterocycles. The number of aromatic nitrogens is 1. The fraction of sp³-hybridized carbons (Fsp3) is 0.675. The number of benzene rings is 1. The molecule has 311 valence electrons. The minimum absolute atomic E-state index is 0.0206. The molecule has 1 aliphatic heterocycles. The summed E-state index contributed by atoms with van der Waals surface area (Å²) in [4.78, 5) is 63.8. The van der Waals surface area contributed by atoms with Crippen molar-refractivity contribution in [1.82, 2.24) is 30.6 Å². The van der Waals surface area contributed by atoms with E-state index < -0.39 is 36.3 Å². The van der Waals surface area contributed by atoms with Crippen molar-refractivity contribution in [2.45, 2.75) is 123 Å². The van der Waals surface area contributed by atoms with Crippen LogP contribution in [0.25, 0.3) is 0 Å². The molecule has 14 nitrogen and oxygen atoms in total. The zero-order chi connectivity index (χ0) is 41.5. The van der Waals surface area contributed by atoms with Crippen LogP contribution in [0.1, 0.15) is 90.8 Å². The highest BCUT2D eigenvalue weighted by atomic mass is 32.1. The first-order valence-electron chi connectivity index (χ1n) is 19.8. The van der Waals surface area contributed by atoms with Gasteiger partial charge < -0.3 is 39.9 Å². The quantitative estimate of drug-likeness (QED) is 0.0960. The van der Waals surface area contributed by atoms with Gasteiger partial charge in [-0.1, -0.05) is 85.2 Å². The second-order valence-corrected chi connectivity index (χ2v) is 16.5. The van der Waals surface area contributed by atoms with Crippen molar-refractivity contribution in [3.63, 3.8) is 0 Å². The number of ether oxygens (including phenoxy) is 2. The van der Waals surface area contributed by atoms with Crippen molar-refractivity contribution in [2.75, 3.05) is 27.8 Å². The Morgan fingerprint density at radius 3 is 2.23 bits per heavy atom. The first-order valence-corrected chi connectivity index (χ1v) is 20.7. The predicted octanol–water partition coefficient (Wildman–Crippen LogP) is 3.64. The van der Waals surface area contributed by atoms with Gasteiger partial charge in [-0.3, -0.25) is 19.2 Å². The molecule has 4 amide bonds. The Morgan fingerprint density at radius 1 is 1.00 bits per heavy atom. The summed E-state index contributed by atoms with van der Waals surface area (Å²) < 4.78 is 16.6. The highest BCUT2D eigenvalue weighted by Crippen LogP contribution is 2.30. The molecule has 0 saturated carbocycles. The van der Waals surface area contributed by atoms with Crippen LogP contribution in [0.2, 0.25) is 0 Å². The van der Waals surface area contributed by atoms with Crippen LogP contribution in [-0.2, 0) is 39.8 Å². The van der Waals surface area contributed by atoms with Crippen LogP contribution in [-0.4, -0.2) is 110 Å². The molecule has 3 rings (SSSR count). The van der Waals surface area contributed by atoms with Gasteiger partial charge in [0.2, 0.25) is 23.6 Å². The third kappa shape index (κ3) is 12.5. The number of likely N-dealkylation sites (tertiary alicyclic amines) is 1. The Bertz CT molecular complexity index is 1500. The van der Waals surface area contributed by atoms with E-state index in [1.54, 1.807) is 32.4 Å². The molecule has 1 saturated heterocycles. The summed E-state index contributed by atoms with van der Waals surface area (Å²) >= 11 is 1.50. The Hall–Kier alpha value is -3.41. The molecule has 5 N–H and O–H groups in total. The highest BCUT2D eigenvalue weighted by Gasteiger charge is 2.43. The van der Waals surface area contributed by atoms with Crippen LogP contribution >= 0.6 is 11.3 Å². The van der Waals surface area contributed by atoms with E-state index >= 15 is 0 Å². The third-order valence-electron chi connectivity index (χ3n) is 11.1. The van der Waals surface area contributed by atoms with Crippen LogP contribution < -0.4 is 21.8 Å². The van der Waals surface area contributed by atoms with E-state index in [1.165, 1.54) is 11.3 Å². The van der Waals surface area contributed by atoms with E-state index in [0.717, 1.165) is 31.0 Å². The monoisotopic (exact) mass is 798 g/mol.